The van der Waals surface area contributed by atoms with E-state index >= 15 is 0 Å². The Hall–Kier alpha value is -3.16. The summed E-state index contributed by atoms with van der Waals surface area (Å²) in [6.45, 7) is 7.13. The van der Waals surface area contributed by atoms with Crippen molar-refractivity contribution >= 4 is 22.9 Å². The monoisotopic (exact) mass is 370 g/mol. The van der Waals surface area contributed by atoms with Crippen LogP contribution in [0.4, 0.5) is 0 Å². The fourth-order valence-electron chi connectivity index (χ4n) is 2.79. The van der Waals surface area contributed by atoms with E-state index in [2.05, 4.69) is 15.4 Å². The van der Waals surface area contributed by atoms with E-state index in [1.807, 2.05) is 13.8 Å². The van der Waals surface area contributed by atoms with Crippen molar-refractivity contribution in [3.8, 4) is 11.5 Å². The predicted octanol–water partition coefficient (Wildman–Crippen LogP) is 2.95. The molecule has 0 radical (unpaired) electrons. The maximum Gasteiger partial charge on any atom is 0.330 e. The topological polar surface area (TPSA) is 99.2 Å². The number of ether oxygens (including phenoxy) is 1. The minimum absolute atomic E-state index is 0.0595. The molecule has 8 heteroatoms. The van der Waals surface area contributed by atoms with Gasteiger partial charge in [-0.05, 0) is 45.9 Å². The van der Waals surface area contributed by atoms with Crippen LogP contribution in [0.15, 0.2) is 35.1 Å². The molecule has 0 aromatic carbocycles. The molecular formula is C19H22N4O4. The molecule has 1 N–H and O–H groups in total. The van der Waals surface area contributed by atoms with Gasteiger partial charge in [0.1, 0.15) is 11.2 Å². The van der Waals surface area contributed by atoms with Gasteiger partial charge in [-0.2, -0.15) is 5.10 Å². The van der Waals surface area contributed by atoms with Crippen LogP contribution in [0.3, 0.4) is 0 Å². The van der Waals surface area contributed by atoms with Gasteiger partial charge in [-0.15, -0.1) is 0 Å². The number of hydrogen-bond donors (Lipinski definition) is 1. The van der Waals surface area contributed by atoms with Crippen LogP contribution in [0.25, 0.3) is 22.5 Å². The van der Waals surface area contributed by atoms with Crippen molar-refractivity contribution in [2.24, 2.45) is 0 Å². The van der Waals surface area contributed by atoms with Crippen molar-refractivity contribution in [1.82, 2.24) is 20.1 Å². The molecule has 3 rings (SSSR count). The number of nitrogens with one attached hydrogen (secondary N) is 1. The second-order valence-electron chi connectivity index (χ2n) is 7.02. The zero-order chi connectivity index (χ0) is 19.8. The van der Waals surface area contributed by atoms with E-state index in [0.717, 1.165) is 0 Å². The summed E-state index contributed by atoms with van der Waals surface area (Å²) in [7, 11) is 1.28. The maximum absolute atomic E-state index is 13.0. The third kappa shape index (κ3) is 3.42. The van der Waals surface area contributed by atoms with Gasteiger partial charge in [0.25, 0.3) is 5.91 Å². The molecule has 3 aromatic rings. The normalized spacial score (nSPS) is 11.8. The van der Waals surface area contributed by atoms with Gasteiger partial charge in [0.15, 0.2) is 11.4 Å². The maximum atomic E-state index is 13.0. The van der Waals surface area contributed by atoms with Crippen molar-refractivity contribution in [3.63, 3.8) is 0 Å². The van der Waals surface area contributed by atoms with E-state index in [1.165, 1.54) is 7.11 Å². The Morgan fingerprint density at radius 1 is 1.33 bits per heavy atom. The number of furan rings is 1. The number of aromatic nitrogens is 3. The number of carbonyl (C=O) groups is 2. The Morgan fingerprint density at radius 2 is 2.07 bits per heavy atom. The van der Waals surface area contributed by atoms with Crippen LogP contribution >= 0.6 is 0 Å². The SMILES string of the molecule is COC(=O)C(C)(C)NC(=O)c1cc(-c2ccco2)nc2c1cnn2C(C)C. The fourth-order valence-corrected chi connectivity index (χ4v) is 2.79. The summed E-state index contributed by atoms with van der Waals surface area (Å²) in [6, 6.07) is 5.21. The van der Waals surface area contributed by atoms with Crippen LogP contribution in [0.1, 0.15) is 44.1 Å². The molecule has 142 valence electrons. The number of rotatable bonds is 5. The van der Waals surface area contributed by atoms with E-state index in [-0.39, 0.29) is 6.04 Å². The number of fused-ring (bicyclic) bond motifs is 1. The Morgan fingerprint density at radius 3 is 2.67 bits per heavy atom. The summed E-state index contributed by atoms with van der Waals surface area (Å²) < 4.78 is 11.9. The van der Waals surface area contributed by atoms with Crippen LogP contribution in [-0.2, 0) is 9.53 Å². The standard InChI is InChI=1S/C19H22N4O4/c1-11(2)23-16-13(10-20-23)12(9-14(21-16)15-7-6-8-27-15)17(24)22-19(3,4)18(25)26-5/h6-11H,1-5H3,(H,22,24). The fraction of sp³-hybridized carbons (Fsp3) is 0.368. The lowest BCUT2D eigenvalue weighted by atomic mass is 10.0. The molecule has 0 unspecified atom stereocenters. The Kier molecular flexibility index (Phi) is 4.73. The largest absolute Gasteiger partial charge is 0.467 e. The molecule has 0 saturated carbocycles. The summed E-state index contributed by atoms with van der Waals surface area (Å²) in [4.78, 5) is 29.5. The smallest absolute Gasteiger partial charge is 0.330 e. The number of amides is 1. The summed E-state index contributed by atoms with van der Waals surface area (Å²) in [5.41, 5.74) is 0.256. The average Bonchev–Trinajstić information content (AvgIpc) is 3.28. The van der Waals surface area contributed by atoms with Crippen molar-refractivity contribution < 1.29 is 18.7 Å². The first kappa shape index (κ1) is 18.6. The molecule has 0 saturated heterocycles. The molecule has 0 fully saturated rings. The first-order valence-electron chi connectivity index (χ1n) is 8.57. The second-order valence-corrected chi connectivity index (χ2v) is 7.02. The van der Waals surface area contributed by atoms with Gasteiger partial charge in [0.05, 0.1) is 30.5 Å². The van der Waals surface area contributed by atoms with E-state index in [4.69, 9.17) is 9.15 Å². The van der Waals surface area contributed by atoms with Crippen LogP contribution in [0, 0.1) is 0 Å². The highest BCUT2D eigenvalue weighted by molar-refractivity contribution is 6.07. The number of nitrogens with zero attached hydrogens (tertiary/aromatic N) is 3. The van der Waals surface area contributed by atoms with Crippen LogP contribution < -0.4 is 5.32 Å². The number of hydrogen-bond acceptors (Lipinski definition) is 6. The van der Waals surface area contributed by atoms with Crippen LogP contribution in [-0.4, -0.2) is 39.3 Å². The first-order valence-corrected chi connectivity index (χ1v) is 8.57. The second kappa shape index (κ2) is 6.86. The van der Waals surface area contributed by atoms with Gasteiger partial charge in [-0.1, -0.05) is 0 Å². The number of methoxy groups -OCH3 is 1. The van der Waals surface area contributed by atoms with E-state index in [1.54, 1.807) is 49.2 Å². The Bertz CT molecular complexity index is 987. The summed E-state index contributed by atoms with van der Waals surface area (Å²) in [6.07, 6.45) is 3.15. The zero-order valence-corrected chi connectivity index (χ0v) is 15.9. The van der Waals surface area contributed by atoms with Crippen molar-refractivity contribution in [3.05, 3.63) is 36.2 Å². The van der Waals surface area contributed by atoms with E-state index < -0.39 is 17.4 Å². The number of esters is 1. The van der Waals surface area contributed by atoms with Crippen molar-refractivity contribution in [2.75, 3.05) is 7.11 Å². The third-order valence-electron chi connectivity index (χ3n) is 4.20. The third-order valence-corrected chi connectivity index (χ3v) is 4.20. The van der Waals surface area contributed by atoms with Gasteiger partial charge in [-0.25, -0.2) is 14.5 Å². The first-order chi connectivity index (χ1) is 12.7. The molecular weight excluding hydrogens is 348 g/mol. The molecule has 0 atom stereocenters. The molecule has 0 aliphatic heterocycles. The molecule has 3 aromatic heterocycles. The summed E-state index contributed by atoms with van der Waals surface area (Å²) in [5, 5.41) is 7.67. The van der Waals surface area contributed by atoms with Gasteiger partial charge in [0, 0.05) is 6.04 Å². The lowest BCUT2D eigenvalue weighted by Gasteiger charge is -2.23. The van der Waals surface area contributed by atoms with Crippen LogP contribution in [0.2, 0.25) is 0 Å². The summed E-state index contributed by atoms with van der Waals surface area (Å²) >= 11 is 0. The molecule has 0 spiro atoms. The lowest BCUT2D eigenvalue weighted by Crippen LogP contribution is -2.50. The predicted molar refractivity (Wildman–Crippen MR) is 99.2 cm³/mol. The summed E-state index contributed by atoms with van der Waals surface area (Å²) in [5.74, 6) is -0.422. The van der Waals surface area contributed by atoms with Gasteiger partial charge in [-0.3, -0.25) is 4.79 Å². The highest BCUT2D eigenvalue weighted by Gasteiger charge is 2.32. The number of pyridine rings is 1. The Balaban J connectivity index is 2.13. The van der Waals surface area contributed by atoms with Crippen LogP contribution in [0.5, 0.6) is 0 Å². The molecule has 1 amide bonds. The Labute approximate surface area is 156 Å². The lowest BCUT2D eigenvalue weighted by molar-refractivity contribution is -0.146. The molecule has 27 heavy (non-hydrogen) atoms. The average molecular weight is 370 g/mol. The van der Waals surface area contributed by atoms with Gasteiger partial charge in [0.2, 0.25) is 0 Å². The number of carbonyl (C=O) groups excluding carboxylic acids is 2. The highest BCUT2D eigenvalue weighted by atomic mass is 16.5. The zero-order valence-electron chi connectivity index (χ0n) is 15.9. The molecule has 0 aliphatic carbocycles. The van der Waals surface area contributed by atoms with E-state index in [0.29, 0.717) is 28.1 Å². The minimum atomic E-state index is -1.18. The molecule has 0 aliphatic rings. The minimum Gasteiger partial charge on any atom is -0.467 e. The highest BCUT2D eigenvalue weighted by Crippen LogP contribution is 2.27. The molecule has 0 bridgehead atoms. The van der Waals surface area contributed by atoms with Crippen molar-refractivity contribution in [2.45, 2.75) is 39.3 Å². The van der Waals surface area contributed by atoms with Gasteiger partial charge < -0.3 is 14.5 Å². The van der Waals surface area contributed by atoms with E-state index in [9.17, 15) is 9.59 Å². The quantitative estimate of drug-likeness (QED) is 0.693. The molecule has 8 nitrogen and oxygen atoms in total. The van der Waals surface area contributed by atoms with Crippen molar-refractivity contribution in [1.29, 1.82) is 0 Å². The van der Waals surface area contributed by atoms with Gasteiger partial charge >= 0.3 is 5.97 Å². The molecule has 3 heterocycles.